The molecule has 0 aromatic heterocycles. The Labute approximate surface area is 149 Å². The van der Waals surface area contributed by atoms with Crippen LogP contribution in [0.15, 0.2) is 64.8 Å². The third kappa shape index (κ3) is 4.86. The van der Waals surface area contributed by atoms with Gasteiger partial charge in [-0.1, -0.05) is 34.1 Å². The number of carbonyl (C=O) groups is 1. The fourth-order valence-electron chi connectivity index (χ4n) is 1.99. The summed E-state index contributed by atoms with van der Waals surface area (Å²) in [5.74, 6) is 0.281. The third-order valence-electron chi connectivity index (χ3n) is 3.20. The standard InChI is InChI=1S/C18H16BrN3O2/c1-24-17-5-3-2-4-13(17)11-21-12-14(10-20)18(23)22-16-8-6-15(19)7-9-16/h2-9,12,21H,11H2,1H3,(H,22,23)/b14-12-. The van der Waals surface area contributed by atoms with Crippen LogP contribution in [0.4, 0.5) is 5.69 Å². The van der Waals surface area contributed by atoms with Crippen LogP contribution in [0.2, 0.25) is 0 Å². The van der Waals surface area contributed by atoms with E-state index in [0.29, 0.717) is 12.2 Å². The van der Waals surface area contributed by atoms with E-state index in [1.165, 1.54) is 6.20 Å². The van der Waals surface area contributed by atoms with Crippen molar-refractivity contribution in [1.82, 2.24) is 5.32 Å². The minimum atomic E-state index is -0.465. The molecule has 122 valence electrons. The number of para-hydroxylation sites is 1. The quantitative estimate of drug-likeness (QED) is 0.588. The summed E-state index contributed by atoms with van der Waals surface area (Å²) in [5.41, 5.74) is 1.55. The predicted molar refractivity (Wildman–Crippen MR) is 96.3 cm³/mol. The van der Waals surface area contributed by atoms with Crippen molar-refractivity contribution in [3.8, 4) is 11.8 Å². The number of anilines is 1. The Morgan fingerprint density at radius 1 is 1.25 bits per heavy atom. The smallest absolute Gasteiger partial charge is 0.267 e. The fourth-order valence-corrected chi connectivity index (χ4v) is 2.26. The van der Waals surface area contributed by atoms with E-state index in [1.54, 1.807) is 19.2 Å². The van der Waals surface area contributed by atoms with Crippen LogP contribution in [0.1, 0.15) is 5.56 Å². The molecule has 2 aromatic rings. The van der Waals surface area contributed by atoms with Crippen LogP contribution in [-0.4, -0.2) is 13.0 Å². The van der Waals surface area contributed by atoms with E-state index in [0.717, 1.165) is 15.8 Å². The van der Waals surface area contributed by atoms with Gasteiger partial charge in [-0.15, -0.1) is 0 Å². The summed E-state index contributed by atoms with van der Waals surface area (Å²) in [4.78, 5) is 12.1. The predicted octanol–water partition coefficient (Wildman–Crippen LogP) is 3.59. The highest BCUT2D eigenvalue weighted by Gasteiger charge is 2.09. The van der Waals surface area contributed by atoms with Gasteiger partial charge >= 0.3 is 0 Å². The summed E-state index contributed by atoms with van der Waals surface area (Å²) in [6.45, 7) is 0.445. The lowest BCUT2D eigenvalue weighted by Crippen LogP contribution is -2.16. The molecule has 2 rings (SSSR count). The zero-order valence-electron chi connectivity index (χ0n) is 13.0. The first kappa shape index (κ1) is 17.6. The summed E-state index contributed by atoms with van der Waals surface area (Å²) in [6.07, 6.45) is 1.40. The highest BCUT2D eigenvalue weighted by atomic mass is 79.9. The molecule has 0 aliphatic heterocycles. The Hall–Kier alpha value is -2.78. The highest BCUT2D eigenvalue weighted by molar-refractivity contribution is 9.10. The minimum absolute atomic E-state index is 0.00665. The number of nitrogens with one attached hydrogen (secondary N) is 2. The van der Waals surface area contributed by atoms with Gasteiger partial charge < -0.3 is 15.4 Å². The van der Waals surface area contributed by atoms with Gasteiger partial charge in [0.1, 0.15) is 17.4 Å². The van der Waals surface area contributed by atoms with Crippen molar-refractivity contribution in [2.75, 3.05) is 12.4 Å². The van der Waals surface area contributed by atoms with Gasteiger partial charge in [-0.2, -0.15) is 5.26 Å². The second kappa shape index (κ2) is 8.75. The van der Waals surface area contributed by atoms with Gasteiger partial charge in [-0.3, -0.25) is 4.79 Å². The molecule has 0 heterocycles. The first-order valence-corrected chi connectivity index (χ1v) is 7.96. The van der Waals surface area contributed by atoms with Crippen molar-refractivity contribution in [2.45, 2.75) is 6.54 Å². The molecule has 0 saturated heterocycles. The van der Waals surface area contributed by atoms with Crippen molar-refractivity contribution in [2.24, 2.45) is 0 Å². The molecule has 5 nitrogen and oxygen atoms in total. The molecule has 0 aliphatic carbocycles. The number of hydrogen-bond acceptors (Lipinski definition) is 4. The Morgan fingerprint density at radius 2 is 1.96 bits per heavy atom. The van der Waals surface area contributed by atoms with Crippen molar-refractivity contribution in [1.29, 1.82) is 5.26 Å². The van der Waals surface area contributed by atoms with Crippen LogP contribution in [0.5, 0.6) is 5.75 Å². The van der Waals surface area contributed by atoms with E-state index in [9.17, 15) is 4.79 Å². The zero-order chi connectivity index (χ0) is 17.4. The topological polar surface area (TPSA) is 74.1 Å². The SMILES string of the molecule is COc1ccccc1CN/C=C(/C#N)C(=O)Nc1ccc(Br)cc1. The number of rotatable bonds is 6. The molecule has 0 aliphatic rings. The van der Waals surface area contributed by atoms with Crippen LogP contribution < -0.4 is 15.4 Å². The number of carbonyl (C=O) groups excluding carboxylic acids is 1. The number of halogens is 1. The summed E-state index contributed by atoms with van der Waals surface area (Å²) >= 11 is 3.33. The number of amides is 1. The summed E-state index contributed by atoms with van der Waals surface area (Å²) in [5, 5.41) is 14.8. The van der Waals surface area contributed by atoms with Gasteiger partial charge in [-0.05, 0) is 30.3 Å². The monoisotopic (exact) mass is 385 g/mol. The Bertz CT molecular complexity index is 780. The Kier molecular flexibility index (Phi) is 6.41. The maximum absolute atomic E-state index is 12.1. The van der Waals surface area contributed by atoms with E-state index in [-0.39, 0.29) is 5.57 Å². The van der Waals surface area contributed by atoms with E-state index >= 15 is 0 Å². The summed E-state index contributed by atoms with van der Waals surface area (Å²) in [6, 6.07) is 16.6. The third-order valence-corrected chi connectivity index (χ3v) is 3.73. The van der Waals surface area contributed by atoms with Crippen LogP contribution >= 0.6 is 15.9 Å². The van der Waals surface area contributed by atoms with E-state index in [4.69, 9.17) is 10.00 Å². The Morgan fingerprint density at radius 3 is 2.62 bits per heavy atom. The minimum Gasteiger partial charge on any atom is -0.496 e. The number of nitriles is 1. The van der Waals surface area contributed by atoms with E-state index in [1.807, 2.05) is 42.5 Å². The molecule has 0 bridgehead atoms. The van der Waals surface area contributed by atoms with E-state index < -0.39 is 5.91 Å². The van der Waals surface area contributed by atoms with Crippen molar-refractivity contribution < 1.29 is 9.53 Å². The average molecular weight is 386 g/mol. The second-order valence-corrected chi connectivity index (χ2v) is 5.74. The fraction of sp³-hybridized carbons (Fsp3) is 0.111. The molecule has 2 N–H and O–H groups in total. The number of nitrogens with zero attached hydrogens (tertiary/aromatic N) is 1. The van der Waals surface area contributed by atoms with Gasteiger partial charge in [0.25, 0.3) is 5.91 Å². The maximum atomic E-state index is 12.1. The van der Waals surface area contributed by atoms with Gasteiger partial charge in [0.2, 0.25) is 0 Å². The number of benzene rings is 2. The molecular formula is C18H16BrN3O2. The number of hydrogen-bond donors (Lipinski definition) is 2. The zero-order valence-corrected chi connectivity index (χ0v) is 14.6. The van der Waals surface area contributed by atoms with Gasteiger partial charge in [-0.25, -0.2) is 0 Å². The van der Waals surface area contributed by atoms with Gasteiger partial charge in [0.05, 0.1) is 7.11 Å². The molecule has 2 aromatic carbocycles. The van der Waals surface area contributed by atoms with Crippen LogP contribution in [0, 0.1) is 11.3 Å². The Balaban J connectivity index is 1.99. The second-order valence-electron chi connectivity index (χ2n) is 4.82. The van der Waals surface area contributed by atoms with Crippen molar-refractivity contribution in [3.63, 3.8) is 0 Å². The lowest BCUT2D eigenvalue weighted by atomic mass is 10.2. The average Bonchev–Trinajstić information content (AvgIpc) is 2.61. The molecule has 0 fully saturated rings. The first-order chi connectivity index (χ1) is 11.6. The molecule has 0 atom stereocenters. The summed E-state index contributed by atoms with van der Waals surface area (Å²) < 4.78 is 6.17. The van der Waals surface area contributed by atoms with E-state index in [2.05, 4.69) is 26.6 Å². The molecule has 6 heteroatoms. The first-order valence-electron chi connectivity index (χ1n) is 7.16. The normalized spacial score (nSPS) is 10.6. The molecular weight excluding hydrogens is 370 g/mol. The van der Waals surface area contributed by atoms with Crippen molar-refractivity contribution in [3.05, 3.63) is 70.3 Å². The van der Waals surface area contributed by atoms with Crippen LogP contribution in [0.25, 0.3) is 0 Å². The van der Waals surface area contributed by atoms with Gasteiger partial charge in [0, 0.05) is 28.5 Å². The van der Waals surface area contributed by atoms with Crippen molar-refractivity contribution >= 4 is 27.5 Å². The molecule has 1 amide bonds. The molecule has 0 unspecified atom stereocenters. The number of methoxy groups -OCH3 is 1. The molecule has 0 saturated carbocycles. The molecule has 0 radical (unpaired) electrons. The van der Waals surface area contributed by atoms with Crippen LogP contribution in [0.3, 0.4) is 0 Å². The van der Waals surface area contributed by atoms with Gasteiger partial charge in [0.15, 0.2) is 0 Å². The molecule has 24 heavy (non-hydrogen) atoms. The largest absolute Gasteiger partial charge is 0.496 e. The highest BCUT2D eigenvalue weighted by Crippen LogP contribution is 2.17. The summed E-state index contributed by atoms with van der Waals surface area (Å²) in [7, 11) is 1.60. The lowest BCUT2D eigenvalue weighted by molar-refractivity contribution is -0.112. The van der Waals surface area contributed by atoms with Crippen LogP contribution in [-0.2, 0) is 11.3 Å². The molecule has 0 spiro atoms. The number of ether oxygens (including phenoxy) is 1. The maximum Gasteiger partial charge on any atom is 0.267 e. The lowest BCUT2D eigenvalue weighted by Gasteiger charge is -2.08.